The smallest absolute Gasteiger partial charge is 0.135 e. The van der Waals surface area contributed by atoms with Gasteiger partial charge in [-0.3, -0.25) is 0 Å². The molecule has 7 aromatic rings. The van der Waals surface area contributed by atoms with Crippen LogP contribution in [0.2, 0.25) is 0 Å². The van der Waals surface area contributed by atoms with Gasteiger partial charge in [0.1, 0.15) is 17.3 Å². The molecule has 0 saturated carbocycles. The Morgan fingerprint density at radius 2 is 1.04 bits per heavy atom. The molecule has 0 aliphatic carbocycles. The second kappa shape index (κ2) is 12.3. The van der Waals surface area contributed by atoms with Crippen molar-refractivity contribution in [2.24, 2.45) is 5.92 Å². The summed E-state index contributed by atoms with van der Waals surface area (Å²) in [5, 5.41) is 4.66. The van der Waals surface area contributed by atoms with Crippen LogP contribution in [0.3, 0.4) is 0 Å². The van der Waals surface area contributed by atoms with Crippen LogP contribution in [0.15, 0.2) is 182 Å². The third-order valence-corrected chi connectivity index (χ3v) is 9.49. The highest BCUT2D eigenvalue weighted by molar-refractivity contribution is 6.13. The largest absolute Gasteiger partial charge is 0.464 e. The van der Waals surface area contributed by atoms with Crippen LogP contribution in [0.4, 0.5) is 0 Å². The predicted octanol–water partition coefficient (Wildman–Crippen LogP) is 12.1. The minimum absolute atomic E-state index is 0.273. The molecule has 0 spiro atoms. The van der Waals surface area contributed by atoms with Crippen LogP contribution >= 0.6 is 0 Å². The van der Waals surface area contributed by atoms with Gasteiger partial charge < -0.3 is 9.47 Å². The van der Waals surface area contributed by atoms with Crippen LogP contribution in [0, 0.1) is 5.92 Å². The van der Waals surface area contributed by atoms with E-state index in [2.05, 4.69) is 182 Å². The molecule has 2 aliphatic rings. The maximum absolute atomic E-state index is 7.12. The van der Waals surface area contributed by atoms with Gasteiger partial charge in [-0.1, -0.05) is 152 Å². The highest BCUT2D eigenvalue weighted by atomic mass is 16.5. The van der Waals surface area contributed by atoms with Crippen molar-refractivity contribution in [3.8, 4) is 11.5 Å². The first-order valence-corrected chi connectivity index (χ1v) is 16.7. The molecule has 1 atom stereocenters. The Morgan fingerprint density at radius 3 is 1.71 bits per heavy atom. The lowest BCUT2D eigenvalue weighted by atomic mass is 9.74. The van der Waals surface area contributed by atoms with Crippen LogP contribution in [0.5, 0.6) is 11.5 Å². The Kier molecular flexibility index (Phi) is 7.25. The summed E-state index contributed by atoms with van der Waals surface area (Å²) in [4.78, 5) is 0. The molecular weight excluding hydrogens is 597 g/mol. The monoisotopic (exact) mass is 628 g/mol. The van der Waals surface area contributed by atoms with Gasteiger partial charge in [0.25, 0.3) is 0 Å². The zero-order chi connectivity index (χ0) is 32.6. The average Bonchev–Trinajstić information content (AvgIpc) is 3.17. The van der Waals surface area contributed by atoms with E-state index in [1.807, 2.05) is 6.26 Å². The summed E-state index contributed by atoms with van der Waals surface area (Å²) in [7, 11) is 0. The summed E-state index contributed by atoms with van der Waals surface area (Å²) in [5.74, 6) is 2.29. The normalized spacial score (nSPS) is 17.8. The number of allylic oxidation sites excluding steroid dienone is 3. The van der Waals surface area contributed by atoms with Gasteiger partial charge >= 0.3 is 0 Å². The third kappa shape index (κ3) is 5.24. The molecule has 2 nitrogen and oxygen atoms in total. The van der Waals surface area contributed by atoms with Crippen molar-refractivity contribution in [1.29, 1.82) is 0 Å². The van der Waals surface area contributed by atoms with Gasteiger partial charge in [-0.2, -0.15) is 0 Å². The summed E-state index contributed by atoms with van der Waals surface area (Å²) in [6.07, 6.45) is 8.52. The van der Waals surface area contributed by atoms with E-state index in [0.717, 1.165) is 67.0 Å². The summed E-state index contributed by atoms with van der Waals surface area (Å²) >= 11 is 0. The zero-order valence-electron chi connectivity index (χ0n) is 26.8. The molecule has 7 aromatic carbocycles. The molecule has 0 amide bonds. The second-order valence-electron chi connectivity index (χ2n) is 12.4. The zero-order valence-corrected chi connectivity index (χ0v) is 26.8. The van der Waals surface area contributed by atoms with Gasteiger partial charge in [-0.25, -0.2) is 0 Å². The number of ether oxygens (including phenoxy) is 2. The van der Waals surface area contributed by atoms with Crippen molar-refractivity contribution in [1.82, 2.24) is 0 Å². The minimum Gasteiger partial charge on any atom is -0.464 e. The van der Waals surface area contributed by atoms with Crippen molar-refractivity contribution in [2.75, 3.05) is 0 Å². The molecule has 1 unspecified atom stereocenters. The average molecular weight is 629 g/mol. The Balaban J connectivity index is 1.44. The molecule has 0 N–H and O–H groups in total. The van der Waals surface area contributed by atoms with Gasteiger partial charge in [-0.15, -0.1) is 0 Å². The SMILES string of the molecule is C1=C/C(=C(/c2ccccc2)C2C(=Cc3ccccc3)Oc3ccc4ccccc4c3C2=Cc2ccccc2)c2c(ccc3ccccc23)O1. The van der Waals surface area contributed by atoms with Gasteiger partial charge in [0, 0.05) is 11.1 Å². The van der Waals surface area contributed by atoms with E-state index in [9.17, 15) is 0 Å². The Labute approximate surface area is 286 Å². The van der Waals surface area contributed by atoms with Crippen molar-refractivity contribution in [3.05, 3.63) is 210 Å². The van der Waals surface area contributed by atoms with Crippen molar-refractivity contribution in [3.63, 3.8) is 0 Å². The van der Waals surface area contributed by atoms with E-state index >= 15 is 0 Å². The van der Waals surface area contributed by atoms with Gasteiger partial charge in [0.2, 0.25) is 0 Å². The van der Waals surface area contributed by atoms with E-state index < -0.39 is 0 Å². The standard InChI is InChI=1S/C47H32O2/c1-4-14-32(15-5-1)30-40-46-38-23-13-11-19-35(38)25-27-42(46)49-43(31-33-16-6-2-7-17-33)47(40)44(36-20-8-3-9-21-36)39-28-29-48-41-26-24-34-18-10-12-22-37(34)45(39)41/h1-31,47H/b40-30?,43-31?,44-39+. The summed E-state index contributed by atoms with van der Waals surface area (Å²) < 4.78 is 13.3. The van der Waals surface area contributed by atoms with Crippen LogP contribution in [0.25, 0.3) is 50.4 Å². The fourth-order valence-corrected chi connectivity index (χ4v) is 7.33. The summed E-state index contributed by atoms with van der Waals surface area (Å²) in [6, 6.07) is 57.6. The number of hydrogen-bond donors (Lipinski definition) is 0. The maximum atomic E-state index is 7.12. The lowest BCUT2D eigenvalue weighted by Gasteiger charge is -2.35. The molecule has 0 aromatic heterocycles. The van der Waals surface area contributed by atoms with Gasteiger partial charge in [-0.05, 0) is 85.3 Å². The number of benzene rings is 7. The minimum atomic E-state index is -0.273. The fraction of sp³-hybridized carbons (Fsp3) is 0.0213. The van der Waals surface area contributed by atoms with Crippen LogP contribution in [0.1, 0.15) is 27.8 Å². The number of fused-ring (bicyclic) bond motifs is 6. The van der Waals surface area contributed by atoms with Crippen molar-refractivity contribution < 1.29 is 9.47 Å². The molecule has 2 aliphatic heterocycles. The van der Waals surface area contributed by atoms with E-state index in [0.29, 0.717) is 0 Å². The molecule has 2 heteroatoms. The molecular formula is C47H32O2. The first kappa shape index (κ1) is 28.8. The lowest BCUT2D eigenvalue weighted by Crippen LogP contribution is -2.21. The molecule has 0 saturated heterocycles. The van der Waals surface area contributed by atoms with E-state index in [1.165, 1.54) is 16.3 Å². The van der Waals surface area contributed by atoms with Crippen LogP contribution < -0.4 is 9.47 Å². The van der Waals surface area contributed by atoms with Crippen LogP contribution in [-0.2, 0) is 0 Å². The van der Waals surface area contributed by atoms with Gasteiger partial charge in [0.05, 0.1) is 12.2 Å². The number of hydrogen-bond acceptors (Lipinski definition) is 2. The highest BCUT2D eigenvalue weighted by Crippen LogP contribution is 2.54. The Hall–Kier alpha value is -6.38. The van der Waals surface area contributed by atoms with Gasteiger partial charge in [0.15, 0.2) is 0 Å². The quantitative estimate of drug-likeness (QED) is 0.193. The molecule has 0 radical (unpaired) electrons. The van der Waals surface area contributed by atoms with E-state index in [1.54, 1.807) is 0 Å². The maximum Gasteiger partial charge on any atom is 0.135 e. The molecule has 49 heavy (non-hydrogen) atoms. The second-order valence-corrected chi connectivity index (χ2v) is 12.4. The molecule has 9 rings (SSSR count). The van der Waals surface area contributed by atoms with Crippen molar-refractivity contribution >= 4 is 50.4 Å². The van der Waals surface area contributed by atoms with Crippen molar-refractivity contribution in [2.45, 2.75) is 0 Å². The highest BCUT2D eigenvalue weighted by Gasteiger charge is 2.37. The topological polar surface area (TPSA) is 18.5 Å². The first-order chi connectivity index (χ1) is 24.3. The van der Waals surface area contributed by atoms with E-state index in [-0.39, 0.29) is 5.92 Å². The molecule has 232 valence electrons. The lowest BCUT2D eigenvalue weighted by molar-refractivity contribution is 0.392. The third-order valence-electron chi connectivity index (χ3n) is 9.49. The Morgan fingerprint density at radius 1 is 0.490 bits per heavy atom. The van der Waals surface area contributed by atoms with E-state index in [4.69, 9.17) is 9.47 Å². The first-order valence-electron chi connectivity index (χ1n) is 16.7. The summed E-state index contributed by atoms with van der Waals surface area (Å²) in [5.41, 5.74) is 8.98. The molecule has 0 fully saturated rings. The van der Waals surface area contributed by atoms with Crippen LogP contribution in [-0.4, -0.2) is 0 Å². The predicted molar refractivity (Wildman–Crippen MR) is 204 cm³/mol. The fourth-order valence-electron chi connectivity index (χ4n) is 7.33. The Bertz CT molecular complexity index is 2470. The summed E-state index contributed by atoms with van der Waals surface area (Å²) in [6.45, 7) is 0. The molecule has 2 heterocycles. The number of rotatable bonds is 4. The molecule has 0 bridgehead atoms.